The van der Waals surface area contributed by atoms with Crippen LogP contribution in [0.2, 0.25) is 0 Å². The number of hydrogen-bond donors (Lipinski definition) is 2. The highest BCUT2D eigenvalue weighted by Gasteiger charge is 2.23. The molecule has 0 spiro atoms. The second-order valence-electron chi connectivity index (χ2n) is 6.14. The highest BCUT2D eigenvalue weighted by Crippen LogP contribution is 2.19. The number of hydrogen-bond acceptors (Lipinski definition) is 7. The van der Waals surface area contributed by atoms with Gasteiger partial charge in [-0.15, -0.1) is 0 Å². The number of ether oxygens (including phenoxy) is 2. The Morgan fingerprint density at radius 3 is 2.84 bits per heavy atom. The lowest BCUT2D eigenvalue weighted by atomic mass is 10.3. The van der Waals surface area contributed by atoms with Crippen LogP contribution in [-0.2, 0) is 14.3 Å². The summed E-state index contributed by atoms with van der Waals surface area (Å²) in [5.74, 6) is -0.292. The summed E-state index contributed by atoms with van der Waals surface area (Å²) < 4.78 is 12.3. The summed E-state index contributed by atoms with van der Waals surface area (Å²) in [6.45, 7) is 5.36. The van der Waals surface area contributed by atoms with Crippen LogP contribution in [0.4, 0.5) is 0 Å². The van der Waals surface area contributed by atoms with E-state index in [-0.39, 0.29) is 19.1 Å². The zero-order chi connectivity index (χ0) is 17.8. The van der Waals surface area contributed by atoms with Crippen LogP contribution < -0.4 is 16.6 Å². The lowest BCUT2D eigenvalue weighted by molar-refractivity contribution is -0.149. The van der Waals surface area contributed by atoms with E-state index in [0.717, 1.165) is 26.2 Å². The van der Waals surface area contributed by atoms with Crippen molar-refractivity contribution in [2.45, 2.75) is 19.3 Å². The van der Waals surface area contributed by atoms with Crippen LogP contribution in [0, 0.1) is 6.92 Å². The molecule has 0 amide bonds. The molecule has 2 atom stereocenters. The van der Waals surface area contributed by atoms with Crippen LogP contribution in [0.3, 0.4) is 0 Å². The maximum atomic E-state index is 11.9. The summed E-state index contributed by atoms with van der Waals surface area (Å²) in [5.41, 5.74) is -0.536. The summed E-state index contributed by atoms with van der Waals surface area (Å²) in [7, 11) is 0. The molecule has 1 aromatic heterocycles. The van der Waals surface area contributed by atoms with Crippen LogP contribution >= 0.6 is 0 Å². The van der Waals surface area contributed by atoms with Crippen LogP contribution in [0.15, 0.2) is 27.9 Å². The number of esters is 1. The lowest BCUT2D eigenvalue weighted by Gasteiger charge is -2.26. The number of H-pyrrole nitrogens is 1. The van der Waals surface area contributed by atoms with Crippen molar-refractivity contribution in [3.63, 3.8) is 0 Å². The first kappa shape index (κ1) is 17.6. The molecule has 9 nitrogen and oxygen atoms in total. The number of nitrogens with one attached hydrogen (secondary N) is 2. The fourth-order valence-electron chi connectivity index (χ4n) is 2.79. The van der Waals surface area contributed by atoms with E-state index in [1.54, 1.807) is 19.1 Å². The molecule has 0 aromatic carbocycles. The fraction of sp³-hybridized carbons (Fsp3) is 0.562. The molecule has 3 heterocycles. The van der Waals surface area contributed by atoms with E-state index in [1.165, 1.54) is 10.8 Å². The predicted molar refractivity (Wildman–Crippen MR) is 89.4 cm³/mol. The molecule has 0 saturated carbocycles. The second kappa shape index (κ2) is 7.77. The number of nitrogens with zero attached hydrogens (tertiary/aromatic N) is 2. The highest BCUT2D eigenvalue weighted by molar-refractivity contribution is 5.71. The smallest absolute Gasteiger partial charge is 0.330 e. The fourth-order valence-corrected chi connectivity index (χ4v) is 2.79. The third-order valence-corrected chi connectivity index (χ3v) is 4.20. The van der Waals surface area contributed by atoms with Crippen molar-refractivity contribution in [1.29, 1.82) is 0 Å². The van der Waals surface area contributed by atoms with Gasteiger partial charge in [-0.2, -0.15) is 0 Å². The first-order valence-electron chi connectivity index (χ1n) is 8.27. The third kappa shape index (κ3) is 4.44. The summed E-state index contributed by atoms with van der Waals surface area (Å²) in [5, 5.41) is 3.22. The second-order valence-corrected chi connectivity index (χ2v) is 6.14. The minimum atomic E-state index is -0.625. The van der Waals surface area contributed by atoms with Crippen molar-refractivity contribution in [1.82, 2.24) is 19.8 Å². The lowest BCUT2D eigenvalue weighted by Crippen LogP contribution is -2.45. The molecule has 9 heteroatoms. The zero-order valence-corrected chi connectivity index (χ0v) is 14.1. The topological polar surface area (TPSA) is 106 Å². The molecule has 1 aromatic rings. The summed E-state index contributed by atoms with van der Waals surface area (Å²) in [6, 6.07) is 0. The quantitative estimate of drug-likeness (QED) is 0.505. The summed E-state index contributed by atoms with van der Waals surface area (Å²) in [6.07, 6.45) is 3.86. The van der Waals surface area contributed by atoms with E-state index >= 15 is 0 Å². The average molecular weight is 350 g/mol. The summed E-state index contributed by atoms with van der Waals surface area (Å²) >= 11 is 0. The van der Waals surface area contributed by atoms with Crippen molar-refractivity contribution < 1.29 is 14.3 Å². The van der Waals surface area contributed by atoms with E-state index in [0.29, 0.717) is 5.56 Å². The summed E-state index contributed by atoms with van der Waals surface area (Å²) in [4.78, 5) is 39.5. The van der Waals surface area contributed by atoms with E-state index in [9.17, 15) is 14.4 Å². The highest BCUT2D eigenvalue weighted by atomic mass is 16.6. The third-order valence-electron chi connectivity index (χ3n) is 4.20. The first-order valence-corrected chi connectivity index (χ1v) is 8.27. The minimum Gasteiger partial charge on any atom is -0.462 e. The van der Waals surface area contributed by atoms with Crippen LogP contribution in [0.1, 0.15) is 11.8 Å². The number of aromatic amines is 1. The van der Waals surface area contributed by atoms with Gasteiger partial charge in [-0.25, -0.2) is 4.79 Å². The predicted octanol–water partition coefficient (Wildman–Crippen LogP) is -1.25. The normalized spacial score (nSPS) is 23.7. The largest absolute Gasteiger partial charge is 0.462 e. The van der Waals surface area contributed by atoms with Crippen LogP contribution in [-0.4, -0.2) is 65.9 Å². The Kier molecular flexibility index (Phi) is 5.47. The van der Waals surface area contributed by atoms with Gasteiger partial charge >= 0.3 is 11.7 Å². The van der Waals surface area contributed by atoms with Gasteiger partial charge < -0.3 is 14.8 Å². The Bertz CT molecular complexity index is 763. The molecule has 3 rings (SSSR count). The molecule has 2 aliphatic rings. The Morgan fingerprint density at radius 1 is 1.32 bits per heavy atom. The maximum Gasteiger partial charge on any atom is 0.330 e. The molecular weight excluding hydrogens is 328 g/mol. The number of aromatic nitrogens is 2. The molecule has 0 bridgehead atoms. The van der Waals surface area contributed by atoms with E-state index < -0.39 is 23.6 Å². The van der Waals surface area contributed by atoms with Gasteiger partial charge in [0.05, 0.1) is 6.54 Å². The molecule has 25 heavy (non-hydrogen) atoms. The SMILES string of the molecule is Cc1cn([C@H]2C=C[C@@H](COC(=O)CN3CCNCC3)O2)c(=O)[nH]c1=O. The molecule has 0 unspecified atom stereocenters. The van der Waals surface area contributed by atoms with E-state index in [1.807, 2.05) is 4.90 Å². The van der Waals surface area contributed by atoms with Crippen molar-refractivity contribution in [2.75, 3.05) is 39.3 Å². The Hall–Kier alpha value is -2.23. The number of rotatable bonds is 5. The maximum absolute atomic E-state index is 11.9. The van der Waals surface area contributed by atoms with Gasteiger partial charge in [-0.1, -0.05) is 6.08 Å². The Labute approximate surface area is 144 Å². The molecule has 2 aliphatic heterocycles. The van der Waals surface area contributed by atoms with E-state index in [2.05, 4.69) is 10.3 Å². The number of aryl methyl sites for hydroxylation is 1. The van der Waals surface area contributed by atoms with E-state index in [4.69, 9.17) is 9.47 Å². The van der Waals surface area contributed by atoms with Gasteiger partial charge in [-0.3, -0.25) is 24.0 Å². The van der Waals surface area contributed by atoms with Crippen molar-refractivity contribution in [3.05, 3.63) is 44.8 Å². The molecule has 0 radical (unpaired) electrons. The first-order chi connectivity index (χ1) is 12.0. The number of carbonyl (C=O) groups excluding carboxylic acids is 1. The van der Waals surface area contributed by atoms with Crippen LogP contribution in [0.5, 0.6) is 0 Å². The van der Waals surface area contributed by atoms with Crippen LogP contribution in [0.25, 0.3) is 0 Å². The molecule has 1 saturated heterocycles. The molecule has 0 aliphatic carbocycles. The van der Waals surface area contributed by atoms with Gasteiger partial charge in [0.25, 0.3) is 5.56 Å². The van der Waals surface area contributed by atoms with Gasteiger partial charge in [0.1, 0.15) is 12.7 Å². The minimum absolute atomic E-state index is 0.0923. The Balaban J connectivity index is 1.49. The molecule has 2 N–H and O–H groups in total. The molecule has 1 fully saturated rings. The monoisotopic (exact) mass is 350 g/mol. The van der Waals surface area contributed by atoms with Gasteiger partial charge in [-0.05, 0) is 13.0 Å². The van der Waals surface area contributed by atoms with Gasteiger partial charge in [0, 0.05) is 37.9 Å². The standard InChI is InChI=1S/C16H22N4O5/c1-11-8-20(16(23)18-15(11)22)13-3-2-12(25-13)10-24-14(21)9-19-6-4-17-5-7-19/h2-3,8,12-13,17H,4-7,9-10H2,1H3,(H,18,22,23)/t12-,13+/m0/s1. The van der Waals surface area contributed by atoms with Gasteiger partial charge in [0.2, 0.25) is 0 Å². The molecular formula is C16H22N4O5. The number of piperazine rings is 1. The molecule has 136 valence electrons. The van der Waals surface area contributed by atoms with Crippen molar-refractivity contribution >= 4 is 5.97 Å². The van der Waals surface area contributed by atoms with Crippen molar-refractivity contribution in [2.24, 2.45) is 0 Å². The number of carbonyl (C=O) groups is 1. The van der Waals surface area contributed by atoms with Crippen molar-refractivity contribution in [3.8, 4) is 0 Å². The zero-order valence-electron chi connectivity index (χ0n) is 14.1. The Morgan fingerprint density at radius 2 is 2.08 bits per heavy atom. The van der Waals surface area contributed by atoms with Gasteiger partial charge in [0.15, 0.2) is 6.23 Å². The average Bonchev–Trinajstić information content (AvgIpc) is 3.06.